The summed E-state index contributed by atoms with van der Waals surface area (Å²) in [6.07, 6.45) is 1.64. The molecule has 0 radical (unpaired) electrons. The average Bonchev–Trinajstić information content (AvgIpc) is 2.78. The Morgan fingerprint density at radius 3 is 2.69 bits per heavy atom. The highest BCUT2D eigenvalue weighted by Gasteiger charge is 2.30. The van der Waals surface area contributed by atoms with Gasteiger partial charge in [0.25, 0.3) is 5.91 Å². The van der Waals surface area contributed by atoms with E-state index < -0.39 is 0 Å². The SMILES string of the molecule is CCN(CC(C)(C)CN)C(=O)[C@H]1CCCO1. The van der Waals surface area contributed by atoms with E-state index in [4.69, 9.17) is 10.5 Å². The van der Waals surface area contributed by atoms with Crippen LogP contribution in [0.1, 0.15) is 33.6 Å². The van der Waals surface area contributed by atoms with Gasteiger partial charge in [-0.1, -0.05) is 13.8 Å². The Balaban J connectivity index is 2.56. The van der Waals surface area contributed by atoms with Gasteiger partial charge in [0.05, 0.1) is 0 Å². The van der Waals surface area contributed by atoms with Crippen LogP contribution in [-0.4, -0.2) is 43.2 Å². The van der Waals surface area contributed by atoms with Gasteiger partial charge in [0, 0.05) is 19.7 Å². The van der Waals surface area contributed by atoms with Gasteiger partial charge in [0.1, 0.15) is 6.10 Å². The van der Waals surface area contributed by atoms with E-state index >= 15 is 0 Å². The molecular weight excluding hydrogens is 204 g/mol. The van der Waals surface area contributed by atoms with Crippen LogP contribution in [0, 0.1) is 5.41 Å². The van der Waals surface area contributed by atoms with Crippen molar-refractivity contribution in [2.45, 2.75) is 39.7 Å². The van der Waals surface area contributed by atoms with Gasteiger partial charge in [-0.05, 0) is 31.7 Å². The lowest BCUT2D eigenvalue weighted by Gasteiger charge is -2.32. The molecule has 4 heteroatoms. The van der Waals surface area contributed by atoms with Crippen molar-refractivity contribution >= 4 is 5.91 Å². The molecule has 1 fully saturated rings. The summed E-state index contributed by atoms with van der Waals surface area (Å²) >= 11 is 0. The second-order valence-corrected chi connectivity index (χ2v) is 5.22. The lowest BCUT2D eigenvalue weighted by molar-refractivity contribution is -0.142. The van der Waals surface area contributed by atoms with Crippen molar-refractivity contribution in [2.24, 2.45) is 11.1 Å². The van der Waals surface area contributed by atoms with Crippen molar-refractivity contribution < 1.29 is 9.53 Å². The van der Waals surface area contributed by atoms with E-state index in [9.17, 15) is 4.79 Å². The van der Waals surface area contributed by atoms with Crippen LogP contribution in [-0.2, 0) is 9.53 Å². The minimum Gasteiger partial charge on any atom is -0.368 e. The van der Waals surface area contributed by atoms with Crippen LogP contribution >= 0.6 is 0 Å². The minimum absolute atomic E-state index is 0.0235. The summed E-state index contributed by atoms with van der Waals surface area (Å²) in [7, 11) is 0. The highest BCUT2D eigenvalue weighted by molar-refractivity contribution is 5.81. The molecule has 2 N–H and O–H groups in total. The van der Waals surface area contributed by atoms with Crippen LogP contribution < -0.4 is 5.73 Å². The number of amides is 1. The normalized spacial score (nSPS) is 21.1. The zero-order valence-electron chi connectivity index (χ0n) is 10.7. The Hall–Kier alpha value is -0.610. The van der Waals surface area contributed by atoms with Gasteiger partial charge < -0.3 is 15.4 Å². The van der Waals surface area contributed by atoms with Crippen LogP contribution in [0.25, 0.3) is 0 Å². The third-order valence-corrected chi connectivity index (χ3v) is 3.07. The van der Waals surface area contributed by atoms with E-state index in [0.717, 1.165) is 19.4 Å². The highest BCUT2D eigenvalue weighted by Crippen LogP contribution is 2.19. The first-order valence-electron chi connectivity index (χ1n) is 6.10. The molecule has 94 valence electrons. The average molecular weight is 228 g/mol. The van der Waals surface area contributed by atoms with Gasteiger partial charge in [-0.2, -0.15) is 0 Å². The molecule has 1 atom stereocenters. The number of nitrogens with zero attached hydrogens (tertiary/aromatic N) is 1. The predicted octanol–water partition coefficient (Wildman–Crippen LogP) is 0.999. The van der Waals surface area contributed by atoms with E-state index in [1.807, 2.05) is 11.8 Å². The number of rotatable bonds is 5. The number of hydrogen-bond acceptors (Lipinski definition) is 3. The number of nitrogens with two attached hydrogens (primary N) is 1. The van der Waals surface area contributed by atoms with Crippen LogP contribution in [0.5, 0.6) is 0 Å². The summed E-state index contributed by atoms with van der Waals surface area (Å²) in [6, 6.07) is 0. The van der Waals surface area contributed by atoms with Crippen molar-refractivity contribution in [1.82, 2.24) is 4.90 Å². The predicted molar refractivity (Wildman–Crippen MR) is 64.1 cm³/mol. The fourth-order valence-corrected chi connectivity index (χ4v) is 1.90. The molecule has 1 rings (SSSR count). The second-order valence-electron chi connectivity index (χ2n) is 5.22. The summed E-state index contributed by atoms with van der Waals surface area (Å²) in [5.74, 6) is 0.126. The number of hydrogen-bond donors (Lipinski definition) is 1. The van der Waals surface area contributed by atoms with Gasteiger partial charge in [-0.3, -0.25) is 4.79 Å². The number of likely N-dealkylation sites (N-methyl/N-ethyl adjacent to an activating group) is 1. The maximum Gasteiger partial charge on any atom is 0.251 e. The maximum absolute atomic E-state index is 12.1. The second kappa shape index (κ2) is 5.64. The zero-order chi connectivity index (χ0) is 12.2. The van der Waals surface area contributed by atoms with Crippen LogP contribution in [0.3, 0.4) is 0 Å². The van der Waals surface area contributed by atoms with E-state index in [2.05, 4.69) is 13.8 Å². The summed E-state index contributed by atoms with van der Waals surface area (Å²) in [5, 5.41) is 0. The molecule has 0 bridgehead atoms. The molecule has 1 aliphatic heterocycles. The molecule has 16 heavy (non-hydrogen) atoms. The lowest BCUT2D eigenvalue weighted by atomic mass is 9.93. The smallest absolute Gasteiger partial charge is 0.251 e. The molecule has 1 aliphatic rings. The summed E-state index contributed by atoms with van der Waals surface area (Å²) in [5.41, 5.74) is 5.67. The summed E-state index contributed by atoms with van der Waals surface area (Å²) in [6.45, 7) is 8.90. The number of carbonyl (C=O) groups is 1. The fourth-order valence-electron chi connectivity index (χ4n) is 1.90. The molecule has 1 saturated heterocycles. The first-order chi connectivity index (χ1) is 7.50. The first-order valence-corrected chi connectivity index (χ1v) is 6.10. The highest BCUT2D eigenvalue weighted by atomic mass is 16.5. The molecule has 0 unspecified atom stereocenters. The van der Waals surface area contributed by atoms with E-state index in [-0.39, 0.29) is 17.4 Å². The van der Waals surface area contributed by atoms with Crippen molar-refractivity contribution in [3.63, 3.8) is 0 Å². The standard InChI is InChI=1S/C12H24N2O2/c1-4-14(9-12(2,3)8-13)11(15)10-6-5-7-16-10/h10H,4-9,13H2,1-3H3/t10-/m1/s1. The largest absolute Gasteiger partial charge is 0.368 e. The van der Waals surface area contributed by atoms with Crippen molar-refractivity contribution in [1.29, 1.82) is 0 Å². The van der Waals surface area contributed by atoms with E-state index in [0.29, 0.717) is 19.7 Å². The molecule has 0 spiro atoms. The molecule has 0 aromatic carbocycles. The first kappa shape index (κ1) is 13.5. The molecule has 0 aliphatic carbocycles. The quantitative estimate of drug-likeness (QED) is 0.763. The molecular formula is C12H24N2O2. The van der Waals surface area contributed by atoms with Gasteiger partial charge >= 0.3 is 0 Å². The van der Waals surface area contributed by atoms with Crippen molar-refractivity contribution in [3.05, 3.63) is 0 Å². The van der Waals surface area contributed by atoms with Gasteiger partial charge in [0.2, 0.25) is 0 Å². The Morgan fingerprint density at radius 1 is 1.56 bits per heavy atom. The number of ether oxygens (including phenoxy) is 1. The third-order valence-electron chi connectivity index (χ3n) is 3.07. The van der Waals surface area contributed by atoms with Crippen molar-refractivity contribution in [3.8, 4) is 0 Å². The summed E-state index contributed by atoms with van der Waals surface area (Å²) < 4.78 is 5.42. The van der Waals surface area contributed by atoms with E-state index in [1.54, 1.807) is 0 Å². The Bertz CT molecular complexity index is 235. The van der Waals surface area contributed by atoms with E-state index in [1.165, 1.54) is 0 Å². The molecule has 1 heterocycles. The zero-order valence-corrected chi connectivity index (χ0v) is 10.7. The summed E-state index contributed by atoms with van der Waals surface area (Å²) in [4.78, 5) is 14.0. The Kier molecular flexibility index (Phi) is 4.74. The third kappa shape index (κ3) is 3.46. The van der Waals surface area contributed by atoms with Gasteiger partial charge in [-0.25, -0.2) is 0 Å². The monoisotopic (exact) mass is 228 g/mol. The van der Waals surface area contributed by atoms with Crippen molar-refractivity contribution in [2.75, 3.05) is 26.2 Å². The van der Waals surface area contributed by atoms with Gasteiger partial charge in [0.15, 0.2) is 0 Å². The molecule has 4 nitrogen and oxygen atoms in total. The van der Waals surface area contributed by atoms with Crippen LogP contribution in [0.4, 0.5) is 0 Å². The molecule has 1 amide bonds. The molecule has 0 saturated carbocycles. The molecule has 0 aromatic rings. The Morgan fingerprint density at radius 2 is 2.25 bits per heavy atom. The minimum atomic E-state index is -0.214. The molecule has 0 aromatic heterocycles. The number of carbonyl (C=O) groups excluding carboxylic acids is 1. The Labute approximate surface area is 98.1 Å². The maximum atomic E-state index is 12.1. The van der Waals surface area contributed by atoms with Gasteiger partial charge in [-0.15, -0.1) is 0 Å². The van der Waals surface area contributed by atoms with Crippen LogP contribution in [0.15, 0.2) is 0 Å². The lowest BCUT2D eigenvalue weighted by Crippen LogP contribution is -2.45. The van der Waals surface area contributed by atoms with Crippen LogP contribution in [0.2, 0.25) is 0 Å². The topological polar surface area (TPSA) is 55.6 Å². The fraction of sp³-hybridized carbons (Fsp3) is 0.917.